The summed E-state index contributed by atoms with van der Waals surface area (Å²) in [5, 5.41) is 4.13. The molecule has 2 saturated heterocycles. The molecule has 4 rings (SSSR count). The number of aromatic nitrogens is 2. The summed E-state index contributed by atoms with van der Waals surface area (Å²) in [6, 6.07) is 0. The van der Waals surface area contributed by atoms with Crippen molar-refractivity contribution in [2.45, 2.75) is 56.8 Å². The lowest BCUT2D eigenvalue weighted by molar-refractivity contribution is -0.141. The fourth-order valence-electron chi connectivity index (χ4n) is 4.45. The Kier molecular flexibility index (Phi) is 5.24. The van der Waals surface area contributed by atoms with Gasteiger partial charge in [-0.25, -0.2) is 12.7 Å². The summed E-state index contributed by atoms with van der Waals surface area (Å²) in [5.74, 6) is 2.06. The summed E-state index contributed by atoms with van der Waals surface area (Å²) >= 11 is 0. The zero-order chi connectivity index (χ0) is 19.0. The molecule has 0 aromatic carbocycles. The first kappa shape index (κ1) is 18.9. The average Bonchev–Trinajstić information content (AvgIpc) is 3.10. The molecule has 0 spiro atoms. The Morgan fingerprint density at radius 3 is 2.33 bits per heavy atom. The van der Waals surface area contributed by atoms with Gasteiger partial charge < -0.3 is 9.42 Å². The summed E-state index contributed by atoms with van der Waals surface area (Å²) < 4.78 is 30.2. The fourth-order valence-corrected chi connectivity index (χ4v) is 5.32. The molecule has 3 aliphatic rings. The second-order valence-electron chi connectivity index (χ2n) is 8.20. The third-order valence-electron chi connectivity index (χ3n) is 6.24. The highest BCUT2D eigenvalue weighted by molar-refractivity contribution is 7.88. The van der Waals surface area contributed by atoms with Crippen LogP contribution in [-0.2, 0) is 14.8 Å². The Morgan fingerprint density at radius 2 is 1.70 bits per heavy atom. The molecule has 2 aliphatic heterocycles. The molecule has 8 nitrogen and oxygen atoms in total. The highest BCUT2D eigenvalue weighted by Crippen LogP contribution is 2.33. The standard InChI is InChI=1S/C18H28N4O4S/c1-27(24,25)22-9-7-13(8-10-22)16-19-17(26-20-16)15-11-21(12-15)18(23)14-5-3-2-4-6-14/h13-15H,2-12H2,1H3. The smallest absolute Gasteiger partial charge is 0.233 e. The van der Waals surface area contributed by atoms with Gasteiger partial charge in [-0.2, -0.15) is 4.98 Å². The minimum absolute atomic E-state index is 0.134. The van der Waals surface area contributed by atoms with Gasteiger partial charge in [0.05, 0.1) is 12.2 Å². The van der Waals surface area contributed by atoms with Crippen molar-refractivity contribution in [1.82, 2.24) is 19.3 Å². The number of carbonyl (C=O) groups is 1. The van der Waals surface area contributed by atoms with Gasteiger partial charge in [-0.3, -0.25) is 4.79 Å². The SMILES string of the molecule is CS(=O)(=O)N1CCC(c2noc(C3CN(C(=O)C4CCCCC4)C3)n2)CC1. The van der Waals surface area contributed by atoms with Crippen LogP contribution in [0.5, 0.6) is 0 Å². The highest BCUT2D eigenvalue weighted by Gasteiger charge is 2.39. The van der Waals surface area contributed by atoms with Gasteiger partial charge in [0, 0.05) is 38.0 Å². The minimum Gasteiger partial charge on any atom is -0.341 e. The fraction of sp³-hybridized carbons (Fsp3) is 0.833. The molecule has 9 heteroatoms. The molecule has 1 aromatic rings. The minimum atomic E-state index is -3.13. The van der Waals surface area contributed by atoms with Crippen molar-refractivity contribution >= 4 is 15.9 Å². The molecule has 0 unspecified atom stereocenters. The molecule has 0 bridgehead atoms. The Morgan fingerprint density at radius 1 is 1.04 bits per heavy atom. The molecule has 1 aliphatic carbocycles. The number of hydrogen-bond donors (Lipinski definition) is 0. The average molecular weight is 397 g/mol. The van der Waals surface area contributed by atoms with Crippen LogP contribution in [0.1, 0.15) is 68.5 Å². The van der Waals surface area contributed by atoms with Gasteiger partial charge in [0.25, 0.3) is 0 Å². The van der Waals surface area contributed by atoms with Crippen molar-refractivity contribution in [3.8, 4) is 0 Å². The molecule has 1 aromatic heterocycles. The summed E-state index contributed by atoms with van der Waals surface area (Å²) in [6.07, 6.45) is 8.30. The highest BCUT2D eigenvalue weighted by atomic mass is 32.2. The summed E-state index contributed by atoms with van der Waals surface area (Å²) in [7, 11) is -3.13. The quantitative estimate of drug-likeness (QED) is 0.769. The Labute approximate surface area is 160 Å². The first-order valence-corrected chi connectivity index (χ1v) is 11.8. The van der Waals surface area contributed by atoms with Crippen LogP contribution < -0.4 is 0 Å². The molecular formula is C18H28N4O4S. The maximum atomic E-state index is 12.5. The predicted molar refractivity (Wildman–Crippen MR) is 98.6 cm³/mol. The molecular weight excluding hydrogens is 368 g/mol. The lowest BCUT2D eigenvalue weighted by atomic mass is 9.86. The van der Waals surface area contributed by atoms with Crippen LogP contribution in [0.25, 0.3) is 0 Å². The second kappa shape index (κ2) is 7.50. The van der Waals surface area contributed by atoms with Gasteiger partial charge in [-0.05, 0) is 25.7 Å². The van der Waals surface area contributed by atoms with E-state index in [4.69, 9.17) is 4.52 Å². The monoisotopic (exact) mass is 396 g/mol. The third-order valence-corrected chi connectivity index (χ3v) is 7.55. The van der Waals surface area contributed by atoms with Crippen LogP contribution in [0.2, 0.25) is 0 Å². The van der Waals surface area contributed by atoms with Crippen LogP contribution in [0.3, 0.4) is 0 Å². The van der Waals surface area contributed by atoms with Crippen molar-refractivity contribution in [1.29, 1.82) is 0 Å². The van der Waals surface area contributed by atoms with Crippen molar-refractivity contribution in [2.24, 2.45) is 5.92 Å². The molecule has 0 N–H and O–H groups in total. The zero-order valence-electron chi connectivity index (χ0n) is 15.8. The van der Waals surface area contributed by atoms with Crippen LogP contribution in [0, 0.1) is 5.92 Å². The number of carbonyl (C=O) groups excluding carboxylic acids is 1. The van der Waals surface area contributed by atoms with Crippen molar-refractivity contribution < 1.29 is 17.7 Å². The van der Waals surface area contributed by atoms with E-state index in [2.05, 4.69) is 10.1 Å². The van der Waals surface area contributed by atoms with Crippen LogP contribution in [0.4, 0.5) is 0 Å². The van der Waals surface area contributed by atoms with Crippen molar-refractivity contribution in [3.05, 3.63) is 11.7 Å². The van der Waals surface area contributed by atoms with Crippen molar-refractivity contribution in [2.75, 3.05) is 32.4 Å². The number of piperidine rings is 1. The number of rotatable bonds is 4. The number of likely N-dealkylation sites (tertiary alicyclic amines) is 1. The normalized spacial score (nSPS) is 24.1. The summed E-state index contributed by atoms with van der Waals surface area (Å²) in [4.78, 5) is 19.0. The van der Waals surface area contributed by atoms with E-state index in [-0.39, 0.29) is 17.8 Å². The molecule has 150 valence electrons. The first-order valence-electron chi connectivity index (χ1n) is 9.99. The predicted octanol–water partition coefficient (Wildman–Crippen LogP) is 1.71. The molecule has 0 radical (unpaired) electrons. The number of amides is 1. The van der Waals surface area contributed by atoms with E-state index in [0.29, 0.717) is 56.6 Å². The molecule has 3 fully saturated rings. The number of hydrogen-bond acceptors (Lipinski definition) is 6. The van der Waals surface area contributed by atoms with E-state index >= 15 is 0 Å². The lowest BCUT2D eigenvalue weighted by Gasteiger charge is -2.39. The van der Waals surface area contributed by atoms with Crippen LogP contribution in [0.15, 0.2) is 4.52 Å². The second-order valence-corrected chi connectivity index (χ2v) is 10.2. The largest absolute Gasteiger partial charge is 0.341 e. The van der Waals surface area contributed by atoms with Gasteiger partial charge >= 0.3 is 0 Å². The lowest BCUT2D eigenvalue weighted by Crippen LogP contribution is -2.51. The topological polar surface area (TPSA) is 96.6 Å². The molecule has 1 saturated carbocycles. The number of nitrogens with zero attached hydrogens (tertiary/aromatic N) is 4. The molecule has 1 amide bonds. The van der Waals surface area contributed by atoms with E-state index in [1.165, 1.54) is 29.8 Å². The Hall–Kier alpha value is -1.48. The van der Waals surface area contributed by atoms with Gasteiger partial charge in [-0.1, -0.05) is 24.4 Å². The van der Waals surface area contributed by atoms with E-state index in [0.717, 1.165) is 12.8 Å². The van der Waals surface area contributed by atoms with E-state index in [1.807, 2.05) is 4.90 Å². The maximum absolute atomic E-state index is 12.5. The van der Waals surface area contributed by atoms with Crippen LogP contribution in [-0.4, -0.2) is 66.1 Å². The van der Waals surface area contributed by atoms with Crippen LogP contribution >= 0.6 is 0 Å². The summed E-state index contributed by atoms with van der Waals surface area (Å²) in [5.41, 5.74) is 0. The van der Waals surface area contributed by atoms with Gasteiger partial charge in [-0.15, -0.1) is 0 Å². The Balaban J connectivity index is 1.29. The van der Waals surface area contributed by atoms with Crippen molar-refractivity contribution in [3.63, 3.8) is 0 Å². The summed E-state index contributed by atoms with van der Waals surface area (Å²) in [6.45, 7) is 2.34. The van der Waals surface area contributed by atoms with E-state index < -0.39 is 10.0 Å². The molecule has 3 heterocycles. The van der Waals surface area contributed by atoms with E-state index in [9.17, 15) is 13.2 Å². The number of sulfonamides is 1. The Bertz CT molecular complexity index is 773. The van der Waals surface area contributed by atoms with Gasteiger partial charge in [0.15, 0.2) is 5.82 Å². The maximum Gasteiger partial charge on any atom is 0.233 e. The third kappa shape index (κ3) is 4.03. The zero-order valence-corrected chi connectivity index (χ0v) is 16.7. The van der Waals surface area contributed by atoms with Gasteiger partial charge in [0.2, 0.25) is 21.8 Å². The van der Waals surface area contributed by atoms with Gasteiger partial charge in [0.1, 0.15) is 0 Å². The first-order chi connectivity index (χ1) is 12.9. The molecule has 0 atom stereocenters. The van der Waals surface area contributed by atoms with E-state index in [1.54, 1.807) is 0 Å². The molecule has 27 heavy (non-hydrogen) atoms.